The minimum atomic E-state index is -0.728. The van der Waals surface area contributed by atoms with Gasteiger partial charge in [-0.3, -0.25) is 0 Å². The van der Waals surface area contributed by atoms with Crippen LogP contribution in [-0.4, -0.2) is 43.6 Å². The Labute approximate surface area is 304 Å². The normalized spacial score (nSPS) is 16.1. The van der Waals surface area contributed by atoms with E-state index < -0.39 is 23.2 Å². The first kappa shape index (κ1) is 34.8. The molecule has 0 radical (unpaired) electrons. The summed E-state index contributed by atoms with van der Waals surface area (Å²) in [7, 11) is 1.31. The summed E-state index contributed by atoms with van der Waals surface area (Å²) in [6.45, 7) is 0.397. The van der Waals surface area contributed by atoms with Gasteiger partial charge in [-0.05, 0) is 73.4 Å². The van der Waals surface area contributed by atoms with Gasteiger partial charge in [-0.15, -0.1) is 0 Å². The number of carbonyl (C=O) groups is 2. The van der Waals surface area contributed by atoms with Crippen molar-refractivity contribution in [2.45, 2.75) is 58.3 Å². The fourth-order valence-corrected chi connectivity index (χ4v) is 6.47. The first-order valence-electron chi connectivity index (χ1n) is 16.9. The van der Waals surface area contributed by atoms with Gasteiger partial charge in [0.1, 0.15) is 24.6 Å². The fraction of sp³-hybridized carbons (Fsp3) is 0.308. The molecule has 52 heavy (non-hydrogen) atoms. The Balaban J connectivity index is 1.04. The van der Waals surface area contributed by atoms with E-state index in [-0.39, 0.29) is 36.3 Å². The molecule has 1 atom stereocenters. The van der Waals surface area contributed by atoms with E-state index in [1.165, 1.54) is 13.2 Å². The molecule has 3 aromatic heterocycles. The summed E-state index contributed by atoms with van der Waals surface area (Å²) in [6, 6.07) is 19.9. The van der Waals surface area contributed by atoms with Crippen LogP contribution in [0.1, 0.15) is 75.7 Å². The van der Waals surface area contributed by atoms with Gasteiger partial charge in [0.25, 0.3) is 5.88 Å². The number of methoxy groups -OCH3 is 1. The van der Waals surface area contributed by atoms with Crippen LogP contribution < -0.4 is 4.74 Å². The molecule has 13 heteroatoms. The Hall–Kier alpha value is -5.67. The summed E-state index contributed by atoms with van der Waals surface area (Å²) in [5.41, 5.74) is 3.35. The number of nitrogens with zero attached hydrogens (tertiary/aromatic N) is 6. The first-order valence-corrected chi connectivity index (χ1v) is 17.3. The topological polar surface area (TPSA) is 142 Å². The van der Waals surface area contributed by atoms with E-state index in [0.29, 0.717) is 53.4 Å². The second-order valence-corrected chi connectivity index (χ2v) is 13.5. The fourth-order valence-electron chi connectivity index (χ4n) is 6.30. The van der Waals surface area contributed by atoms with E-state index in [1.807, 2.05) is 34.9 Å². The molecule has 1 saturated carbocycles. The van der Waals surface area contributed by atoms with Gasteiger partial charge in [0.15, 0.2) is 17.2 Å². The smallest absolute Gasteiger partial charge is 0.356 e. The average molecular weight is 721 g/mol. The van der Waals surface area contributed by atoms with E-state index in [1.54, 1.807) is 24.3 Å². The largest absolute Gasteiger partial charge is 0.471 e. The van der Waals surface area contributed by atoms with E-state index in [9.17, 15) is 19.2 Å². The lowest BCUT2D eigenvalue weighted by molar-refractivity contribution is 0.0469. The molecule has 2 aliphatic rings. The third-order valence-corrected chi connectivity index (χ3v) is 9.71. The summed E-state index contributed by atoms with van der Waals surface area (Å²) < 4.78 is 33.1. The van der Waals surface area contributed by atoms with Crippen molar-refractivity contribution in [2.75, 3.05) is 7.11 Å². The number of benzene rings is 2. The summed E-state index contributed by atoms with van der Waals surface area (Å²) >= 11 is 6.19. The number of allylic oxidation sites excluding steroid dienone is 2. The van der Waals surface area contributed by atoms with E-state index in [0.717, 1.165) is 42.4 Å². The van der Waals surface area contributed by atoms with Crippen molar-refractivity contribution in [3.8, 4) is 11.9 Å². The van der Waals surface area contributed by atoms with Crippen LogP contribution in [0.2, 0.25) is 5.02 Å². The van der Waals surface area contributed by atoms with Gasteiger partial charge in [0.05, 0.1) is 30.4 Å². The summed E-state index contributed by atoms with van der Waals surface area (Å²) in [5.74, 6) is -0.659. The molecule has 0 aliphatic heterocycles. The van der Waals surface area contributed by atoms with Crippen molar-refractivity contribution in [1.82, 2.24) is 24.5 Å². The van der Waals surface area contributed by atoms with Crippen LogP contribution in [0.5, 0.6) is 5.88 Å². The standard InChI is InChI=1S/C39H34ClFN6O5/c1-50-38(49)32-14-13-31-35(45-32)47(23-39(22-42)15-16-39)33(44-31)17-24-7-9-26(10-8-24)34-43-19-30(41)36(46-34)51-21-27-11-12-28(40)18-29(27)37(48)52-20-25-5-3-2-4-6-25/h2-6,9,11-14,18-19,24H,7-8,10,15-17,20-21,23H2,1H3. The zero-order valence-corrected chi connectivity index (χ0v) is 29.1. The van der Waals surface area contributed by atoms with Crippen LogP contribution in [0.15, 0.2) is 72.9 Å². The summed E-state index contributed by atoms with van der Waals surface area (Å²) in [6.07, 6.45) is 7.56. The molecule has 0 spiro atoms. The van der Waals surface area contributed by atoms with Crippen molar-refractivity contribution in [1.29, 1.82) is 5.26 Å². The maximum atomic E-state index is 14.9. The number of hydrogen-bond acceptors (Lipinski definition) is 10. The Morgan fingerprint density at radius 3 is 2.62 bits per heavy atom. The third-order valence-electron chi connectivity index (χ3n) is 9.48. The molecule has 264 valence electrons. The molecule has 7 rings (SSSR count). The highest BCUT2D eigenvalue weighted by atomic mass is 35.5. The van der Waals surface area contributed by atoms with Crippen molar-refractivity contribution < 1.29 is 28.2 Å². The molecule has 1 fully saturated rings. The summed E-state index contributed by atoms with van der Waals surface area (Å²) in [5, 5.41) is 10.2. The van der Waals surface area contributed by atoms with E-state index in [4.69, 9.17) is 30.8 Å². The predicted octanol–water partition coefficient (Wildman–Crippen LogP) is 7.47. The maximum absolute atomic E-state index is 14.9. The maximum Gasteiger partial charge on any atom is 0.356 e. The molecular formula is C39H34ClFN6O5. The van der Waals surface area contributed by atoms with Gasteiger partial charge in [0.2, 0.25) is 5.82 Å². The molecule has 5 aromatic rings. The average Bonchev–Trinajstić information content (AvgIpc) is 3.88. The number of esters is 2. The van der Waals surface area contributed by atoms with Crippen LogP contribution in [0.4, 0.5) is 4.39 Å². The van der Waals surface area contributed by atoms with Gasteiger partial charge >= 0.3 is 11.9 Å². The molecule has 0 N–H and O–H groups in total. The number of rotatable bonds is 12. The number of halogens is 2. The van der Waals surface area contributed by atoms with Crippen molar-refractivity contribution in [3.05, 3.63) is 118 Å². The Morgan fingerprint density at radius 2 is 1.88 bits per heavy atom. The lowest BCUT2D eigenvalue weighted by atomic mass is 9.87. The number of aromatic nitrogens is 5. The second-order valence-electron chi connectivity index (χ2n) is 13.1. The molecule has 0 bridgehead atoms. The van der Waals surface area contributed by atoms with Gasteiger partial charge < -0.3 is 18.8 Å². The SMILES string of the molecule is COC(=O)c1ccc2nc(CC3CC=C(c4ncc(F)c(OCc5ccc(Cl)cc5C(=O)OCc5ccccc5)n4)CC3)n(CC3(C#N)CC3)c2n1. The van der Waals surface area contributed by atoms with Crippen LogP contribution >= 0.6 is 11.6 Å². The monoisotopic (exact) mass is 720 g/mol. The molecule has 0 amide bonds. The zero-order valence-electron chi connectivity index (χ0n) is 28.3. The Bertz CT molecular complexity index is 2230. The van der Waals surface area contributed by atoms with Crippen molar-refractivity contribution in [3.63, 3.8) is 0 Å². The molecule has 3 heterocycles. The number of pyridine rings is 1. The van der Waals surface area contributed by atoms with Gasteiger partial charge in [-0.1, -0.05) is 54.1 Å². The highest BCUT2D eigenvalue weighted by Crippen LogP contribution is 2.47. The zero-order chi connectivity index (χ0) is 36.2. The van der Waals surface area contributed by atoms with Gasteiger partial charge in [-0.2, -0.15) is 14.6 Å². The quantitative estimate of drug-likeness (QED) is 0.119. The molecule has 1 unspecified atom stereocenters. The molecule has 2 aromatic carbocycles. The number of nitriles is 1. The first-order chi connectivity index (χ1) is 25.2. The summed E-state index contributed by atoms with van der Waals surface area (Å²) in [4.78, 5) is 43.3. The van der Waals surface area contributed by atoms with E-state index >= 15 is 0 Å². The van der Waals surface area contributed by atoms with Crippen LogP contribution in [0, 0.1) is 28.5 Å². The number of fused-ring (bicyclic) bond motifs is 1. The van der Waals surface area contributed by atoms with Gasteiger partial charge in [0, 0.05) is 23.6 Å². The number of carbonyl (C=O) groups excluding carboxylic acids is 2. The molecule has 2 aliphatic carbocycles. The number of imidazole rings is 1. The predicted molar refractivity (Wildman–Crippen MR) is 189 cm³/mol. The molecule has 11 nitrogen and oxygen atoms in total. The number of ether oxygens (including phenoxy) is 3. The highest BCUT2D eigenvalue weighted by molar-refractivity contribution is 6.31. The van der Waals surface area contributed by atoms with Crippen LogP contribution in [0.25, 0.3) is 16.7 Å². The number of hydrogen-bond donors (Lipinski definition) is 0. The minimum absolute atomic E-state index is 0.0867. The minimum Gasteiger partial charge on any atom is -0.471 e. The van der Waals surface area contributed by atoms with E-state index in [2.05, 4.69) is 27.1 Å². The lowest BCUT2D eigenvalue weighted by Gasteiger charge is -2.22. The van der Waals surface area contributed by atoms with Crippen molar-refractivity contribution in [2.24, 2.45) is 11.3 Å². The third kappa shape index (κ3) is 7.65. The molecule has 0 saturated heterocycles. The second kappa shape index (κ2) is 14.9. The van der Waals surface area contributed by atoms with Crippen molar-refractivity contribution >= 4 is 40.3 Å². The Kier molecular flexibility index (Phi) is 9.96. The lowest BCUT2D eigenvalue weighted by Crippen LogP contribution is -2.17. The highest BCUT2D eigenvalue weighted by Gasteiger charge is 2.44. The van der Waals surface area contributed by atoms with Crippen LogP contribution in [-0.2, 0) is 35.7 Å². The van der Waals surface area contributed by atoms with Gasteiger partial charge in [-0.25, -0.2) is 24.5 Å². The van der Waals surface area contributed by atoms with Crippen LogP contribution in [0.3, 0.4) is 0 Å². The Morgan fingerprint density at radius 1 is 1.06 bits per heavy atom. The molecular weight excluding hydrogens is 687 g/mol.